The van der Waals surface area contributed by atoms with Gasteiger partial charge in [0.05, 0.1) is 0 Å². The molecule has 1 unspecified atom stereocenters. The van der Waals surface area contributed by atoms with Crippen molar-refractivity contribution in [2.75, 3.05) is 0 Å². The maximum Gasteiger partial charge on any atom is 0.164 e. The molecule has 11 rings (SSSR count). The zero-order chi connectivity index (χ0) is 42.8. The van der Waals surface area contributed by atoms with Gasteiger partial charge in [0.25, 0.3) is 0 Å². The predicted molar refractivity (Wildman–Crippen MR) is 265 cm³/mol. The maximum absolute atomic E-state index is 5.12. The summed E-state index contributed by atoms with van der Waals surface area (Å²) in [7, 11) is 0. The molecule has 1 heterocycles. The maximum atomic E-state index is 5.12. The van der Waals surface area contributed by atoms with Crippen molar-refractivity contribution < 1.29 is 0 Å². The standard InChI is InChI=1S/C61H43N3/c1-41-37-52-36-33-47-21-11-12-26-55(47)58(52)57(46-19-9-4-10-20-46)40-56(41)48-31-27-44(28-32-48)45-29-34-49(35-30-45)59-62-60(53-24-13-22-50(38-53)42-15-5-2-6-16-42)64-61(63-59)54-25-14-23-51(39-54)43-17-7-3-8-18-43/h2-36,38-40,56H,1,37H2. The van der Waals surface area contributed by atoms with Crippen molar-refractivity contribution in [1.82, 2.24) is 15.0 Å². The normalized spacial score (nSPS) is 13.5. The average Bonchev–Trinajstić information content (AvgIpc) is 3.53. The third-order valence-electron chi connectivity index (χ3n) is 12.4. The van der Waals surface area contributed by atoms with Crippen molar-refractivity contribution in [3.63, 3.8) is 0 Å². The lowest BCUT2D eigenvalue weighted by atomic mass is 9.87. The first kappa shape index (κ1) is 38.6. The minimum absolute atomic E-state index is 0.0619. The van der Waals surface area contributed by atoms with Gasteiger partial charge >= 0.3 is 0 Å². The molecule has 302 valence electrons. The minimum atomic E-state index is 0.0619. The van der Waals surface area contributed by atoms with E-state index in [1.165, 1.54) is 44.2 Å². The minimum Gasteiger partial charge on any atom is -0.208 e. The highest BCUT2D eigenvalue weighted by Crippen LogP contribution is 2.42. The van der Waals surface area contributed by atoms with Gasteiger partial charge < -0.3 is 0 Å². The molecule has 0 saturated heterocycles. The van der Waals surface area contributed by atoms with Gasteiger partial charge in [0.2, 0.25) is 0 Å². The topological polar surface area (TPSA) is 38.7 Å². The first-order valence-corrected chi connectivity index (χ1v) is 21.9. The number of fused-ring (bicyclic) bond motifs is 3. The zero-order valence-corrected chi connectivity index (χ0v) is 35.3. The Labute approximate surface area is 374 Å². The van der Waals surface area contributed by atoms with E-state index in [1.54, 1.807) is 0 Å². The third-order valence-corrected chi connectivity index (χ3v) is 12.4. The number of rotatable bonds is 8. The molecule has 10 aromatic rings. The van der Waals surface area contributed by atoms with Crippen LogP contribution in [-0.4, -0.2) is 15.0 Å². The molecular weight excluding hydrogens is 775 g/mol. The van der Waals surface area contributed by atoms with Gasteiger partial charge in [-0.25, -0.2) is 15.0 Å². The predicted octanol–water partition coefficient (Wildman–Crippen LogP) is 15.4. The molecule has 0 spiro atoms. The van der Waals surface area contributed by atoms with Gasteiger partial charge in [0.1, 0.15) is 0 Å². The Bertz CT molecular complexity index is 3230. The second-order valence-electron chi connectivity index (χ2n) is 16.5. The number of hydrogen-bond donors (Lipinski definition) is 0. The van der Waals surface area contributed by atoms with Crippen molar-refractivity contribution in [1.29, 1.82) is 0 Å². The van der Waals surface area contributed by atoms with E-state index in [0.717, 1.165) is 56.5 Å². The highest BCUT2D eigenvalue weighted by Gasteiger charge is 2.24. The van der Waals surface area contributed by atoms with E-state index in [-0.39, 0.29) is 5.92 Å². The Morgan fingerprint density at radius 3 is 1.38 bits per heavy atom. The van der Waals surface area contributed by atoms with Crippen LogP contribution in [0, 0.1) is 0 Å². The van der Waals surface area contributed by atoms with Crippen molar-refractivity contribution in [3.8, 4) is 67.5 Å². The van der Waals surface area contributed by atoms with Crippen molar-refractivity contribution in [2.45, 2.75) is 12.3 Å². The van der Waals surface area contributed by atoms with Crippen LogP contribution in [0.3, 0.4) is 0 Å². The van der Waals surface area contributed by atoms with Gasteiger partial charge in [0, 0.05) is 22.6 Å². The van der Waals surface area contributed by atoms with Crippen LogP contribution in [-0.2, 0) is 6.42 Å². The molecule has 1 aromatic heterocycles. The monoisotopic (exact) mass is 817 g/mol. The molecule has 64 heavy (non-hydrogen) atoms. The molecular formula is C61H43N3. The fourth-order valence-corrected chi connectivity index (χ4v) is 9.09. The molecule has 1 atom stereocenters. The molecule has 0 aliphatic heterocycles. The van der Waals surface area contributed by atoms with Crippen LogP contribution < -0.4 is 0 Å². The Morgan fingerprint density at radius 2 is 0.797 bits per heavy atom. The third kappa shape index (κ3) is 7.65. The van der Waals surface area contributed by atoms with Crippen LogP contribution in [0.15, 0.2) is 243 Å². The lowest BCUT2D eigenvalue weighted by Gasteiger charge is -2.17. The van der Waals surface area contributed by atoms with Gasteiger partial charge in [-0.1, -0.05) is 231 Å². The van der Waals surface area contributed by atoms with Crippen LogP contribution in [0.4, 0.5) is 0 Å². The molecule has 3 heteroatoms. The summed E-state index contributed by atoms with van der Waals surface area (Å²) in [5.41, 5.74) is 17.1. The van der Waals surface area contributed by atoms with Crippen LogP contribution >= 0.6 is 0 Å². The van der Waals surface area contributed by atoms with E-state index in [0.29, 0.717) is 17.5 Å². The van der Waals surface area contributed by atoms with Gasteiger partial charge in [0.15, 0.2) is 17.5 Å². The van der Waals surface area contributed by atoms with Gasteiger partial charge in [-0.2, -0.15) is 0 Å². The molecule has 1 aliphatic carbocycles. The molecule has 0 bridgehead atoms. The molecule has 0 saturated carbocycles. The molecule has 0 fully saturated rings. The quantitative estimate of drug-likeness (QED) is 0.143. The molecule has 1 aliphatic rings. The highest BCUT2D eigenvalue weighted by atomic mass is 15.0. The second-order valence-corrected chi connectivity index (χ2v) is 16.5. The lowest BCUT2D eigenvalue weighted by molar-refractivity contribution is 0.947. The van der Waals surface area contributed by atoms with E-state index in [4.69, 9.17) is 15.0 Å². The Balaban J connectivity index is 0.935. The van der Waals surface area contributed by atoms with Gasteiger partial charge in [-0.3, -0.25) is 0 Å². The fraction of sp³-hybridized carbons (Fsp3) is 0.0328. The van der Waals surface area contributed by atoms with Crippen LogP contribution in [0.1, 0.15) is 28.2 Å². The number of hydrogen-bond acceptors (Lipinski definition) is 3. The molecule has 3 nitrogen and oxygen atoms in total. The van der Waals surface area contributed by atoms with Crippen LogP contribution in [0.5, 0.6) is 0 Å². The van der Waals surface area contributed by atoms with E-state index in [9.17, 15) is 0 Å². The SMILES string of the molecule is C=C1Cc2ccc3ccccc3c2C(c2ccccc2)=CC1c1ccc(-c2ccc(-c3nc(-c4cccc(-c5ccccc5)c4)nc(-c4cccc(-c5ccccc5)c4)n3)cc2)cc1. The largest absolute Gasteiger partial charge is 0.208 e. The van der Waals surface area contributed by atoms with E-state index < -0.39 is 0 Å². The summed E-state index contributed by atoms with van der Waals surface area (Å²) in [6, 6.07) is 79.3. The van der Waals surface area contributed by atoms with E-state index in [2.05, 4.69) is 225 Å². The second kappa shape index (κ2) is 16.9. The van der Waals surface area contributed by atoms with Crippen molar-refractivity contribution in [2.24, 2.45) is 0 Å². The average molecular weight is 818 g/mol. The Kier molecular flexibility index (Phi) is 10.2. The number of benzene rings is 9. The lowest BCUT2D eigenvalue weighted by Crippen LogP contribution is -2.01. The van der Waals surface area contributed by atoms with Crippen LogP contribution in [0.2, 0.25) is 0 Å². The zero-order valence-electron chi connectivity index (χ0n) is 35.3. The van der Waals surface area contributed by atoms with E-state index >= 15 is 0 Å². The smallest absolute Gasteiger partial charge is 0.164 e. The summed E-state index contributed by atoms with van der Waals surface area (Å²) in [6.07, 6.45) is 3.26. The highest BCUT2D eigenvalue weighted by molar-refractivity contribution is 6.00. The molecule has 9 aromatic carbocycles. The summed E-state index contributed by atoms with van der Waals surface area (Å²) in [6.45, 7) is 4.68. The summed E-state index contributed by atoms with van der Waals surface area (Å²) < 4.78 is 0. The molecule has 0 amide bonds. The first-order valence-electron chi connectivity index (χ1n) is 21.9. The first-order chi connectivity index (χ1) is 31.6. The summed E-state index contributed by atoms with van der Waals surface area (Å²) >= 11 is 0. The van der Waals surface area contributed by atoms with Gasteiger partial charge in [-0.15, -0.1) is 0 Å². The fourth-order valence-electron chi connectivity index (χ4n) is 9.09. The summed E-state index contributed by atoms with van der Waals surface area (Å²) in [5.74, 6) is 1.94. The number of nitrogens with zero attached hydrogens (tertiary/aromatic N) is 3. The Hall–Kier alpha value is -8.27. The number of allylic oxidation sites excluding steroid dienone is 2. The van der Waals surface area contributed by atoms with Crippen molar-refractivity contribution >= 4 is 16.3 Å². The number of aromatic nitrogens is 3. The summed E-state index contributed by atoms with van der Waals surface area (Å²) in [5, 5.41) is 2.53. The Morgan fingerprint density at radius 1 is 0.359 bits per heavy atom. The van der Waals surface area contributed by atoms with Gasteiger partial charge in [-0.05, 0) is 90.5 Å². The summed E-state index contributed by atoms with van der Waals surface area (Å²) in [4.78, 5) is 15.3. The molecule has 0 N–H and O–H groups in total. The van der Waals surface area contributed by atoms with E-state index in [1.807, 2.05) is 12.1 Å². The molecule has 0 radical (unpaired) electrons. The van der Waals surface area contributed by atoms with Crippen molar-refractivity contribution in [3.05, 3.63) is 265 Å². The van der Waals surface area contributed by atoms with Crippen LogP contribution in [0.25, 0.3) is 83.9 Å².